The maximum Gasteiger partial charge on any atom is 0.505 e. The molecule has 0 fully saturated rings. The third-order valence-corrected chi connectivity index (χ3v) is 1.32. The number of carboxylic acid groups (broad SMARTS) is 1. The van der Waals surface area contributed by atoms with Crippen LogP contribution in [0.1, 0.15) is 6.92 Å². The van der Waals surface area contributed by atoms with Gasteiger partial charge < -0.3 is 9.84 Å². The first-order chi connectivity index (χ1) is 5.27. The molecule has 0 bridgehead atoms. The van der Waals surface area contributed by atoms with Crippen LogP contribution in [0.5, 0.6) is 0 Å². The summed E-state index contributed by atoms with van der Waals surface area (Å²) in [5, 5.41) is 11.8. The summed E-state index contributed by atoms with van der Waals surface area (Å²) in [5.41, 5.74) is 0. The van der Waals surface area contributed by atoms with Gasteiger partial charge in [0.15, 0.2) is 0 Å². The molecular weight excluding hydrogens is 164 g/mol. The van der Waals surface area contributed by atoms with E-state index in [9.17, 15) is 4.79 Å². The Balaban J connectivity index is 0.000000183. The highest BCUT2D eigenvalue weighted by atomic mass is 32.1. The van der Waals surface area contributed by atoms with Gasteiger partial charge in [-0.25, -0.2) is 4.79 Å². The lowest BCUT2D eigenvalue weighted by Crippen LogP contribution is -1.97. The van der Waals surface area contributed by atoms with Crippen LogP contribution in [-0.4, -0.2) is 17.9 Å². The average molecular weight is 174 g/mol. The minimum atomic E-state index is -1.21. The van der Waals surface area contributed by atoms with Crippen LogP contribution in [0.2, 0.25) is 0 Å². The maximum absolute atomic E-state index is 9.38. The molecule has 11 heavy (non-hydrogen) atoms. The van der Waals surface area contributed by atoms with Crippen LogP contribution in [-0.2, 0) is 4.74 Å². The molecule has 0 aromatic carbocycles. The van der Waals surface area contributed by atoms with Gasteiger partial charge in [-0.3, -0.25) is 0 Å². The molecule has 1 rings (SSSR count). The Kier molecular flexibility index (Phi) is 6.42. The van der Waals surface area contributed by atoms with Gasteiger partial charge in [0, 0.05) is 0 Å². The van der Waals surface area contributed by atoms with E-state index in [-0.39, 0.29) is 6.61 Å². The number of carbonyl (C=O) groups is 1. The van der Waals surface area contributed by atoms with Gasteiger partial charge in [-0.15, -0.1) is 0 Å². The third-order valence-electron chi connectivity index (χ3n) is 0.693. The summed E-state index contributed by atoms with van der Waals surface area (Å²) >= 11 is 1.71. The number of hydrogen-bond donors (Lipinski definition) is 1. The van der Waals surface area contributed by atoms with Crippen molar-refractivity contribution < 1.29 is 14.6 Å². The molecule has 4 heteroatoms. The molecular formula is C7H10O3S. The zero-order valence-corrected chi connectivity index (χ0v) is 7.00. The van der Waals surface area contributed by atoms with Crippen molar-refractivity contribution in [2.45, 2.75) is 6.92 Å². The van der Waals surface area contributed by atoms with E-state index < -0.39 is 6.16 Å². The van der Waals surface area contributed by atoms with Crippen molar-refractivity contribution in [3.63, 3.8) is 0 Å². The number of rotatable bonds is 1. The molecule has 0 atom stereocenters. The van der Waals surface area contributed by atoms with Crippen molar-refractivity contribution in [2.75, 3.05) is 6.61 Å². The van der Waals surface area contributed by atoms with Crippen LogP contribution in [0, 0.1) is 0 Å². The Hall–Kier alpha value is -1.03. The molecule has 0 saturated heterocycles. The van der Waals surface area contributed by atoms with E-state index in [0.29, 0.717) is 0 Å². The molecule has 0 amide bonds. The molecule has 0 spiro atoms. The molecule has 0 aliphatic carbocycles. The Labute approximate surface area is 69.2 Å². The second-order valence-electron chi connectivity index (χ2n) is 1.49. The molecule has 62 valence electrons. The monoisotopic (exact) mass is 174 g/mol. The molecule has 1 aromatic heterocycles. The topological polar surface area (TPSA) is 46.5 Å². The summed E-state index contributed by atoms with van der Waals surface area (Å²) in [6, 6.07) is 4.04. The fraction of sp³-hybridized carbons (Fsp3) is 0.286. The molecule has 0 aliphatic heterocycles. The summed E-state index contributed by atoms with van der Waals surface area (Å²) in [6.45, 7) is 1.85. The van der Waals surface area contributed by atoms with Gasteiger partial charge in [0.05, 0.1) is 6.61 Å². The predicted molar refractivity (Wildman–Crippen MR) is 44.0 cm³/mol. The second kappa shape index (κ2) is 7.08. The van der Waals surface area contributed by atoms with Crippen LogP contribution >= 0.6 is 11.3 Å². The first-order valence-corrected chi connectivity index (χ1v) is 4.04. The molecule has 1 N–H and O–H groups in total. The fourth-order valence-electron chi connectivity index (χ4n) is 0.350. The largest absolute Gasteiger partial charge is 0.505 e. The van der Waals surface area contributed by atoms with Crippen molar-refractivity contribution in [3.05, 3.63) is 22.9 Å². The van der Waals surface area contributed by atoms with Gasteiger partial charge in [-0.05, 0) is 17.7 Å². The Morgan fingerprint density at radius 1 is 1.55 bits per heavy atom. The van der Waals surface area contributed by atoms with Crippen molar-refractivity contribution in [1.29, 1.82) is 0 Å². The van der Waals surface area contributed by atoms with Crippen LogP contribution < -0.4 is 0 Å². The van der Waals surface area contributed by atoms with Gasteiger partial charge in [-0.2, -0.15) is 11.3 Å². The fourth-order valence-corrected chi connectivity index (χ4v) is 0.804. The van der Waals surface area contributed by atoms with E-state index >= 15 is 0 Å². The Morgan fingerprint density at radius 3 is 2.18 bits per heavy atom. The van der Waals surface area contributed by atoms with E-state index in [0.717, 1.165) is 0 Å². The van der Waals surface area contributed by atoms with Crippen molar-refractivity contribution >= 4 is 17.5 Å². The lowest BCUT2D eigenvalue weighted by atomic mass is 10.7. The van der Waals surface area contributed by atoms with E-state index in [1.807, 2.05) is 22.9 Å². The van der Waals surface area contributed by atoms with Crippen molar-refractivity contribution in [1.82, 2.24) is 0 Å². The highest BCUT2D eigenvalue weighted by Crippen LogP contribution is 1.91. The summed E-state index contributed by atoms with van der Waals surface area (Å²) in [4.78, 5) is 9.38. The molecule has 1 aromatic rings. The zero-order chi connectivity index (χ0) is 8.53. The number of thiophene rings is 1. The van der Waals surface area contributed by atoms with E-state index in [1.165, 1.54) is 0 Å². The second-order valence-corrected chi connectivity index (χ2v) is 2.31. The number of ether oxygens (including phenoxy) is 1. The lowest BCUT2D eigenvalue weighted by molar-refractivity contribution is 0.0966. The normalized spacial score (nSPS) is 7.73. The third kappa shape index (κ3) is 8.97. The molecule has 0 unspecified atom stereocenters. The summed E-state index contributed by atoms with van der Waals surface area (Å²) in [7, 11) is 0. The lowest BCUT2D eigenvalue weighted by Gasteiger charge is -1.87. The van der Waals surface area contributed by atoms with E-state index in [4.69, 9.17) is 5.11 Å². The van der Waals surface area contributed by atoms with E-state index in [2.05, 4.69) is 4.74 Å². The number of hydrogen-bond acceptors (Lipinski definition) is 3. The van der Waals surface area contributed by atoms with Crippen molar-refractivity contribution in [3.8, 4) is 0 Å². The smallest absolute Gasteiger partial charge is 0.450 e. The molecule has 3 nitrogen and oxygen atoms in total. The van der Waals surface area contributed by atoms with Gasteiger partial charge in [0.2, 0.25) is 0 Å². The predicted octanol–water partition coefficient (Wildman–Crippen LogP) is 2.45. The minimum Gasteiger partial charge on any atom is -0.450 e. The van der Waals surface area contributed by atoms with E-state index in [1.54, 1.807) is 18.3 Å². The molecule has 0 radical (unpaired) electrons. The first kappa shape index (κ1) is 9.97. The first-order valence-electron chi connectivity index (χ1n) is 3.10. The van der Waals surface area contributed by atoms with Crippen LogP contribution in [0.4, 0.5) is 4.79 Å². The van der Waals surface area contributed by atoms with Gasteiger partial charge in [0.1, 0.15) is 0 Å². The maximum atomic E-state index is 9.38. The highest BCUT2D eigenvalue weighted by Gasteiger charge is 1.86. The van der Waals surface area contributed by atoms with Gasteiger partial charge in [-0.1, -0.05) is 12.1 Å². The summed E-state index contributed by atoms with van der Waals surface area (Å²) in [5.74, 6) is 0. The van der Waals surface area contributed by atoms with Crippen LogP contribution in [0.3, 0.4) is 0 Å². The summed E-state index contributed by atoms with van der Waals surface area (Å²) < 4.78 is 3.96. The highest BCUT2D eigenvalue weighted by molar-refractivity contribution is 7.07. The molecule has 1 heterocycles. The van der Waals surface area contributed by atoms with Gasteiger partial charge >= 0.3 is 6.16 Å². The zero-order valence-electron chi connectivity index (χ0n) is 6.19. The molecule has 0 aliphatic rings. The molecule has 0 saturated carbocycles. The Morgan fingerprint density at radius 2 is 2.09 bits per heavy atom. The quantitative estimate of drug-likeness (QED) is 0.665. The van der Waals surface area contributed by atoms with Crippen LogP contribution in [0.25, 0.3) is 0 Å². The average Bonchev–Trinajstić information content (AvgIpc) is 2.41. The minimum absolute atomic E-state index is 0.231. The Bertz CT molecular complexity index is 155. The standard InChI is InChI=1S/C4H4S.C3H6O3/c1-2-4-5-3-1;1-2-6-3(4)5/h1-4H;2H2,1H3,(H,4,5). The van der Waals surface area contributed by atoms with Crippen molar-refractivity contribution in [2.24, 2.45) is 0 Å². The summed E-state index contributed by atoms with van der Waals surface area (Å²) in [6.07, 6.45) is -1.21. The SMILES string of the molecule is CCOC(=O)O.c1ccsc1. The van der Waals surface area contributed by atoms with Crippen LogP contribution in [0.15, 0.2) is 22.9 Å². The van der Waals surface area contributed by atoms with Gasteiger partial charge in [0.25, 0.3) is 0 Å².